The predicted molar refractivity (Wildman–Crippen MR) is 103 cm³/mol. The Balaban J connectivity index is 3.48. The largest absolute Gasteiger partial charge is 0.481 e. The summed E-state index contributed by atoms with van der Waals surface area (Å²) in [4.78, 5) is 21.7. The van der Waals surface area contributed by atoms with Crippen LogP contribution in [-0.4, -0.2) is 22.2 Å². The van der Waals surface area contributed by atoms with Crippen molar-refractivity contribution in [3.8, 4) is 0 Å². The first-order chi connectivity index (χ1) is 12.1. The average molecular weight is 357 g/mol. The quantitative estimate of drug-likeness (QED) is 0.262. The van der Waals surface area contributed by atoms with Crippen molar-refractivity contribution in [1.82, 2.24) is 0 Å². The number of hydrogen-bond acceptors (Lipinski definition) is 2. The highest BCUT2D eigenvalue weighted by Crippen LogP contribution is 2.19. The molecule has 0 amide bonds. The zero-order chi connectivity index (χ0) is 18.8. The fraction of sp³-hybridized carbons (Fsp3) is 0.905. The van der Waals surface area contributed by atoms with E-state index in [-0.39, 0.29) is 12.3 Å². The lowest BCUT2D eigenvalue weighted by molar-refractivity contribution is -0.142. The fourth-order valence-electron chi connectivity index (χ4n) is 3.29. The Morgan fingerprint density at radius 3 is 1.44 bits per heavy atom. The molecule has 1 unspecified atom stereocenters. The first-order valence-corrected chi connectivity index (χ1v) is 10.5. The van der Waals surface area contributed by atoms with Gasteiger partial charge in [-0.2, -0.15) is 0 Å². The molecule has 0 rings (SSSR count). The maximum Gasteiger partial charge on any atom is 0.306 e. The molecule has 0 aliphatic heterocycles. The van der Waals surface area contributed by atoms with Crippen LogP contribution in [0.5, 0.6) is 0 Å². The molecule has 0 aromatic heterocycles. The van der Waals surface area contributed by atoms with Gasteiger partial charge in [-0.25, -0.2) is 0 Å². The Morgan fingerprint density at radius 2 is 1.04 bits per heavy atom. The maximum atomic E-state index is 11.3. The molecule has 4 heteroatoms. The van der Waals surface area contributed by atoms with Gasteiger partial charge in [0.25, 0.3) is 0 Å². The minimum atomic E-state index is -0.700. The summed E-state index contributed by atoms with van der Waals surface area (Å²) < 4.78 is 0. The Kier molecular flexibility index (Phi) is 17.0. The summed E-state index contributed by atoms with van der Waals surface area (Å²) in [6.07, 6.45) is 17.8. The standard InChI is InChI=1S/C21H40O4/c1-2-3-4-5-10-13-16-19(21(24)25)17-14-11-8-6-7-9-12-15-18-20(22)23/h19H,2-18H2,1H3,(H,22,23)(H,24,25). The molecule has 0 saturated carbocycles. The first kappa shape index (κ1) is 23.9. The average Bonchev–Trinajstić information content (AvgIpc) is 2.57. The van der Waals surface area contributed by atoms with Crippen molar-refractivity contribution >= 4 is 11.9 Å². The highest BCUT2D eigenvalue weighted by molar-refractivity contribution is 5.69. The molecule has 0 saturated heterocycles. The van der Waals surface area contributed by atoms with E-state index in [1.165, 1.54) is 51.4 Å². The highest BCUT2D eigenvalue weighted by atomic mass is 16.4. The number of unbranched alkanes of at least 4 members (excludes halogenated alkanes) is 12. The lowest BCUT2D eigenvalue weighted by atomic mass is 9.94. The fourth-order valence-corrected chi connectivity index (χ4v) is 3.29. The van der Waals surface area contributed by atoms with E-state index >= 15 is 0 Å². The summed E-state index contributed by atoms with van der Waals surface area (Å²) in [6.45, 7) is 2.21. The van der Waals surface area contributed by atoms with Gasteiger partial charge in [0, 0.05) is 6.42 Å². The van der Waals surface area contributed by atoms with Crippen LogP contribution < -0.4 is 0 Å². The van der Waals surface area contributed by atoms with E-state index in [0.29, 0.717) is 0 Å². The zero-order valence-electron chi connectivity index (χ0n) is 16.3. The van der Waals surface area contributed by atoms with Gasteiger partial charge < -0.3 is 10.2 Å². The van der Waals surface area contributed by atoms with Crippen molar-refractivity contribution in [1.29, 1.82) is 0 Å². The second-order valence-corrected chi connectivity index (χ2v) is 7.35. The lowest BCUT2D eigenvalue weighted by Gasteiger charge is -2.12. The van der Waals surface area contributed by atoms with Crippen molar-refractivity contribution in [2.45, 2.75) is 116 Å². The van der Waals surface area contributed by atoms with Gasteiger partial charge in [-0.3, -0.25) is 9.59 Å². The summed E-state index contributed by atoms with van der Waals surface area (Å²) >= 11 is 0. The van der Waals surface area contributed by atoms with Gasteiger partial charge in [-0.05, 0) is 19.3 Å². The van der Waals surface area contributed by atoms with Crippen molar-refractivity contribution in [3.05, 3.63) is 0 Å². The lowest BCUT2D eigenvalue weighted by Crippen LogP contribution is -2.13. The number of rotatable bonds is 19. The molecule has 0 aliphatic carbocycles. The molecular formula is C21H40O4. The van der Waals surface area contributed by atoms with Crippen molar-refractivity contribution < 1.29 is 19.8 Å². The van der Waals surface area contributed by atoms with Crippen LogP contribution in [-0.2, 0) is 9.59 Å². The molecule has 148 valence electrons. The summed E-state index contributed by atoms with van der Waals surface area (Å²) in [5.74, 6) is -1.47. The molecule has 0 bridgehead atoms. The SMILES string of the molecule is CCCCCCCCC(CCCCCCCCCCC(=O)O)C(=O)O. The van der Waals surface area contributed by atoms with E-state index < -0.39 is 11.9 Å². The summed E-state index contributed by atoms with van der Waals surface area (Å²) in [6, 6.07) is 0. The number of carboxylic acids is 2. The summed E-state index contributed by atoms with van der Waals surface area (Å²) in [5, 5.41) is 17.9. The Bertz CT molecular complexity index is 328. The molecule has 0 aromatic rings. The van der Waals surface area contributed by atoms with Crippen LogP contribution in [0.25, 0.3) is 0 Å². The van der Waals surface area contributed by atoms with Crippen molar-refractivity contribution in [3.63, 3.8) is 0 Å². The van der Waals surface area contributed by atoms with E-state index in [1.807, 2.05) is 0 Å². The normalized spacial score (nSPS) is 12.2. The smallest absolute Gasteiger partial charge is 0.306 e. The highest BCUT2D eigenvalue weighted by Gasteiger charge is 2.16. The van der Waals surface area contributed by atoms with Crippen LogP contribution in [0.2, 0.25) is 0 Å². The first-order valence-electron chi connectivity index (χ1n) is 10.5. The van der Waals surface area contributed by atoms with Crippen LogP contribution in [0, 0.1) is 5.92 Å². The monoisotopic (exact) mass is 356 g/mol. The van der Waals surface area contributed by atoms with E-state index in [0.717, 1.165) is 51.4 Å². The zero-order valence-corrected chi connectivity index (χ0v) is 16.3. The van der Waals surface area contributed by atoms with Gasteiger partial charge >= 0.3 is 11.9 Å². The molecule has 0 aliphatic rings. The van der Waals surface area contributed by atoms with Gasteiger partial charge in [0.05, 0.1) is 5.92 Å². The maximum absolute atomic E-state index is 11.3. The number of hydrogen-bond donors (Lipinski definition) is 2. The van der Waals surface area contributed by atoms with Crippen LogP contribution in [0.4, 0.5) is 0 Å². The molecular weight excluding hydrogens is 316 g/mol. The third-order valence-electron chi connectivity index (χ3n) is 4.95. The Labute approximate surface area is 154 Å². The second kappa shape index (κ2) is 17.8. The molecule has 0 spiro atoms. The van der Waals surface area contributed by atoms with E-state index in [9.17, 15) is 14.7 Å². The molecule has 2 N–H and O–H groups in total. The van der Waals surface area contributed by atoms with Gasteiger partial charge in [0.15, 0.2) is 0 Å². The molecule has 0 fully saturated rings. The third kappa shape index (κ3) is 17.6. The molecule has 4 nitrogen and oxygen atoms in total. The van der Waals surface area contributed by atoms with Gasteiger partial charge in [0.1, 0.15) is 0 Å². The van der Waals surface area contributed by atoms with Crippen LogP contribution in [0.3, 0.4) is 0 Å². The van der Waals surface area contributed by atoms with Gasteiger partial charge in [0.2, 0.25) is 0 Å². The minimum absolute atomic E-state index is 0.151. The van der Waals surface area contributed by atoms with Crippen molar-refractivity contribution in [2.24, 2.45) is 5.92 Å². The van der Waals surface area contributed by atoms with Crippen molar-refractivity contribution in [2.75, 3.05) is 0 Å². The van der Waals surface area contributed by atoms with Gasteiger partial charge in [-0.15, -0.1) is 0 Å². The molecule has 0 aromatic carbocycles. The summed E-state index contributed by atoms with van der Waals surface area (Å²) in [7, 11) is 0. The van der Waals surface area contributed by atoms with Crippen LogP contribution in [0.1, 0.15) is 116 Å². The van der Waals surface area contributed by atoms with E-state index in [4.69, 9.17) is 5.11 Å². The molecule has 1 atom stereocenters. The Hall–Kier alpha value is -1.06. The van der Waals surface area contributed by atoms with Crippen LogP contribution >= 0.6 is 0 Å². The summed E-state index contributed by atoms with van der Waals surface area (Å²) in [5.41, 5.74) is 0. The van der Waals surface area contributed by atoms with Gasteiger partial charge in [-0.1, -0.05) is 90.4 Å². The van der Waals surface area contributed by atoms with E-state index in [2.05, 4.69) is 6.92 Å². The topological polar surface area (TPSA) is 74.6 Å². The molecule has 25 heavy (non-hydrogen) atoms. The molecule has 0 heterocycles. The van der Waals surface area contributed by atoms with E-state index in [1.54, 1.807) is 0 Å². The van der Waals surface area contributed by atoms with Crippen LogP contribution in [0.15, 0.2) is 0 Å². The number of carboxylic acid groups (broad SMARTS) is 2. The minimum Gasteiger partial charge on any atom is -0.481 e. The molecule has 0 radical (unpaired) electrons. The second-order valence-electron chi connectivity index (χ2n) is 7.35. The number of carbonyl (C=O) groups is 2. The third-order valence-corrected chi connectivity index (χ3v) is 4.95. The Morgan fingerprint density at radius 1 is 0.640 bits per heavy atom. The predicted octanol–water partition coefficient (Wildman–Crippen LogP) is 6.42. The number of aliphatic carboxylic acids is 2.